The maximum atomic E-state index is 13.0. The molecule has 6 nitrogen and oxygen atoms in total. The normalized spacial score (nSPS) is 17.4. The van der Waals surface area contributed by atoms with Crippen molar-refractivity contribution in [1.29, 1.82) is 0 Å². The molecule has 0 aromatic heterocycles. The quantitative estimate of drug-likeness (QED) is 0.778. The van der Waals surface area contributed by atoms with E-state index in [0.717, 1.165) is 17.7 Å². The predicted octanol–water partition coefficient (Wildman–Crippen LogP) is 3.39. The average molecular weight is 421 g/mol. The molecule has 154 valence electrons. The summed E-state index contributed by atoms with van der Waals surface area (Å²) in [6, 6.07) is 17.3. The molecule has 7 heteroatoms. The van der Waals surface area contributed by atoms with E-state index < -0.39 is 6.04 Å². The van der Waals surface area contributed by atoms with Gasteiger partial charge in [-0.3, -0.25) is 14.6 Å². The van der Waals surface area contributed by atoms with Crippen LogP contribution < -0.4 is 5.32 Å². The van der Waals surface area contributed by atoms with Crippen LogP contribution >= 0.6 is 11.8 Å². The second-order valence-corrected chi connectivity index (χ2v) is 8.54. The number of benzene rings is 2. The van der Waals surface area contributed by atoms with Gasteiger partial charge in [0.25, 0.3) is 5.91 Å². The smallest absolute Gasteiger partial charge is 0.259 e. The minimum absolute atomic E-state index is 0.0785. The van der Waals surface area contributed by atoms with Crippen LogP contribution in [0.3, 0.4) is 0 Å². The fraction of sp³-hybridized carbons (Fsp3) is 0.304. The molecule has 1 N–H and O–H groups in total. The van der Waals surface area contributed by atoms with Crippen LogP contribution in [0.1, 0.15) is 25.0 Å². The Balaban J connectivity index is 1.43. The topological polar surface area (TPSA) is 74.1 Å². The number of carbonyl (C=O) groups is 2. The van der Waals surface area contributed by atoms with Gasteiger partial charge in [0.1, 0.15) is 11.9 Å². The molecule has 0 spiro atoms. The van der Waals surface area contributed by atoms with Gasteiger partial charge in [-0.05, 0) is 30.0 Å². The van der Waals surface area contributed by atoms with Crippen molar-refractivity contribution in [3.63, 3.8) is 0 Å². The van der Waals surface area contributed by atoms with Crippen LogP contribution in [0.2, 0.25) is 0 Å². The molecule has 0 fully saturated rings. The number of hydrogen-bond acceptors (Lipinski definition) is 5. The van der Waals surface area contributed by atoms with Gasteiger partial charge in [-0.2, -0.15) is 0 Å². The molecule has 0 radical (unpaired) electrons. The number of carbonyl (C=O) groups excluding carboxylic acids is 2. The van der Waals surface area contributed by atoms with Gasteiger partial charge in [-0.25, -0.2) is 9.89 Å². The van der Waals surface area contributed by atoms with Crippen molar-refractivity contribution in [2.45, 2.75) is 26.3 Å². The molecule has 0 aliphatic carbocycles. The number of nitrogens with zero attached hydrogens (tertiary/aromatic N) is 3. The predicted molar refractivity (Wildman–Crippen MR) is 121 cm³/mol. The fourth-order valence-electron chi connectivity index (χ4n) is 3.47. The van der Waals surface area contributed by atoms with E-state index in [9.17, 15) is 9.59 Å². The Morgan fingerprint density at radius 1 is 1.13 bits per heavy atom. The van der Waals surface area contributed by atoms with Gasteiger partial charge in [-0.1, -0.05) is 68.1 Å². The lowest BCUT2D eigenvalue weighted by atomic mass is 10.1. The molecule has 0 bridgehead atoms. The van der Waals surface area contributed by atoms with Crippen LogP contribution in [0.25, 0.3) is 0 Å². The maximum Gasteiger partial charge on any atom is 0.259 e. The average Bonchev–Trinajstić information content (AvgIpc) is 3.11. The molecule has 2 amide bonds. The van der Waals surface area contributed by atoms with Crippen molar-refractivity contribution in [3.05, 3.63) is 65.7 Å². The summed E-state index contributed by atoms with van der Waals surface area (Å²) in [6.07, 6.45) is 0.781. The number of nitrogens with one attached hydrogen (secondary N) is 1. The summed E-state index contributed by atoms with van der Waals surface area (Å²) in [5.41, 5.74) is 2.81. The standard InChI is InChI=1S/C23H24N4O2S/c1-15(2)20-22(29)27-21(26-20)17-10-6-7-11-18(17)25-23(27)30-14-19(28)24-13-12-16-8-4-3-5-9-16/h3-11,15,20H,12-14H2,1-2H3,(H,24,28). The van der Waals surface area contributed by atoms with Crippen molar-refractivity contribution in [2.24, 2.45) is 15.9 Å². The van der Waals surface area contributed by atoms with Gasteiger partial charge in [0, 0.05) is 12.1 Å². The van der Waals surface area contributed by atoms with E-state index in [2.05, 4.69) is 10.3 Å². The molecule has 30 heavy (non-hydrogen) atoms. The zero-order valence-corrected chi connectivity index (χ0v) is 17.9. The van der Waals surface area contributed by atoms with Crippen LogP contribution in [-0.4, -0.2) is 46.1 Å². The third-order valence-electron chi connectivity index (χ3n) is 5.04. The Hall–Kier alpha value is -2.93. The summed E-state index contributed by atoms with van der Waals surface area (Å²) in [6.45, 7) is 4.55. The number of aliphatic imine (C=N–C) groups is 2. The van der Waals surface area contributed by atoms with Crippen LogP contribution in [0.4, 0.5) is 5.69 Å². The van der Waals surface area contributed by atoms with Gasteiger partial charge in [0.15, 0.2) is 5.17 Å². The van der Waals surface area contributed by atoms with Gasteiger partial charge in [0.2, 0.25) is 5.91 Å². The van der Waals surface area contributed by atoms with Crippen molar-refractivity contribution >= 4 is 40.3 Å². The summed E-state index contributed by atoms with van der Waals surface area (Å²) in [4.78, 5) is 36.3. The minimum atomic E-state index is -0.420. The highest BCUT2D eigenvalue weighted by molar-refractivity contribution is 8.14. The van der Waals surface area contributed by atoms with E-state index in [0.29, 0.717) is 17.5 Å². The fourth-order valence-corrected chi connectivity index (χ4v) is 4.30. The molecule has 0 saturated carbocycles. The van der Waals surface area contributed by atoms with Crippen LogP contribution in [0, 0.1) is 5.92 Å². The first-order chi connectivity index (χ1) is 14.5. The van der Waals surface area contributed by atoms with Crippen molar-refractivity contribution < 1.29 is 9.59 Å². The molecule has 1 unspecified atom stereocenters. The number of para-hydroxylation sites is 1. The molecule has 1 atom stereocenters. The molecule has 2 heterocycles. The summed E-state index contributed by atoms with van der Waals surface area (Å²) < 4.78 is 0. The minimum Gasteiger partial charge on any atom is -0.355 e. The Morgan fingerprint density at radius 2 is 1.87 bits per heavy atom. The third-order valence-corrected chi connectivity index (χ3v) is 5.98. The monoisotopic (exact) mass is 420 g/mol. The summed E-state index contributed by atoms with van der Waals surface area (Å²) in [7, 11) is 0. The zero-order chi connectivity index (χ0) is 21.1. The zero-order valence-electron chi connectivity index (χ0n) is 17.0. The molecule has 2 aromatic carbocycles. The summed E-state index contributed by atoms with van der Waals surface area (Å²) >= 11 is 1.27. The highest BCUT2D eigenvalue weighted by Gasteiger charge is 2.42. The first-order valence-electron chi connectivity index (χ1n) is 10.1. The van der Waals surface area contributed by atoms with E-state index in [4.69, 9.17) is 4.99 Å². The Bertz CT molecular complexity index is 1020. The van der Waals surface area contributed by atoms with E-state index in [1.54, 1.807) is 4.90 Å². The number of amidine groups is 2. The number of rotatable bonds is 6. The lowest BCUT2D eigenvalue weighted by Crippen LogP contribution is -2.42. The highest BCUT2D eigenvalue weighted by atomic mass is 32.2. The number of hydrogen-bond donors (Lipinski definition) is 1. The molecule has 2 aliphatic rings. The molecular formula is C23H24N4O2S. The van der Waals surface area contributed by atoms with Crippen molar-refractivity contribution in [3.8, 4) is 0 Å². The van der Waals surface area contributed by atoms with Crippen LogP contribution in [0.5, 0.6) is 0 Å². The molecule has 4 rings (SSSR count). The lowest BCUT2D eigenvalue weighted by Gasteiger charge is -2.25. The second-order valence-electron chi connectivity index (χ2n) is 7.60. The van der Waals surface area contributed by atoms with Crippen LogP contribution in [-0.2, 0) is 16.0 Å². The second kappa shape index (κ2) is 8.83. The van der Waals surface area contributed by atoms with Gasteiger partial charge in [-0.15, -0.1) is 0 Å². The van der Waals surface area contributed by atoms with Gasteiger partial charge in [0.05, 0.1) is 11.4 Å². The Morgan fingerprint density at radius 3 is 2.63 bits per heavy atom. The SMILES string of the molecule is CC(C)C1N=C2c3ccccc3N=C(SCC(=O)NCCc3ccccc3)N2C1=O. The number of amides is 2. The van der Waals surface area contributed by atoms with Crippen molar-refractivity contribution in [1.82, 2.24) is 10.2 Å². The van der Waals surface area contributed by atoms with Gasteiger partial charge >= 0.3 is 0 Å². The first kappa shape index (κ1) is 20.3. The van der Waals surface area contributed by atoms with E-state index >= 15 is 0 Å². The third kappa shape index (κ3) is 4.16. The number of thioether (sulfide) groups is 1. The van der Waals surface area contributed by atoms with Crippen LogP contribution in [0.15, 0.2) is 64.6 Å². The highest BCUT2D eigenvalue weighted by Crippen LogP contribution is 2.34. The Labute approximate surface area is 180 Å². The Kier molecular flexibility index (Phi) is 5.99. The lowest BCUT2D eigenvalue weighted by molar-refractivity contribution is -0.125. The van der Waals surface area contributed by atoms with E-state index in [1.807, 2.05) is 68.4 Å². The molecular weight excluding hydrogens is 396 g/mol. The first-order valence-corrected chi connectivity index (χ1v) is 11.1. The number of fused-ring (bicyclic) bond motifs is 3. The molecule has 2 aliphatic heterocycles. The van der Waals surface area contributed by atoms with E-state index in [1.165, 1.54) is 17.3 Å². The van der Waals surface area contributed by atoms with Gasteiger partial charge < -0.3 is 5.32 Å². The summed E-state index contributed by atoms with van der Waals surface area (Å²) in [5.74, 6) is 0.763. The maximum absolute atomic E-state index is 13.0. The largest absolute Gasteiger partial charge is 0.355 e. The van der Waals surface area contributed by atoms with Crippen molar-refractivity contribution in [2.75, 3.05) is 12.3 Å². The molecule has 0 saturated heterocycles. The summed E-state index contributed by atoms with van der Waals surface area (Å²) in [5, 5.41) is 3.45. The molecule has 2 aromatic rings. The van der Waals surface area contributed by atoms with E-state index in [-0.39, 0.29) is 23.5 Å².